The number of para-hydroxylation sites is 1. The van der Waals surface area contributed by atoms with Gasteiger partial charge in [-0.25, -0.2) is 14.6 Å². The summed E-state index contributed by atoms with van der Waals surface area (Å²) in [6.45, 7) is 3.76. The highest BCUT2D eigenvalue weighted by Crippen LogP contribution is 2.36. The van der Waals surface area contributed by atoms with Crippen LogP contribution in [0.4, 0.5) is 4.79 Å². The van der Waals surface area contributed by atoms with Crippen LogP contribution in [0.1, 0.15) is 54.1 Å². The predicted molar refractivity (Wildman–Crippen MR) is 128 cm³/mol. The summed E-state index contributed by atoms with van der Waals surface area (Å²) in [4.78, 5) is 42.0. The number of imide groups is 1. The number of fused-ring (bicyclic) bond motifs is 2. The minimum absolute atomic E-state index is 0.247. The summed E-state index contributed by atoms with van der Waals surface area (Å²) in [5.41, 5.74) is 3.59. The van der Waals surface area contributed by atoms with Gasteiger partial charge in [-0.05, 0) is 60.6 Å². The van der Waals surface area contributed by atoms with Crippen molar-refractivity contribution < 1.29 is 23.5 Å². The van der Waals surface area contributed by atoms with E-state index in [2.05, 4.69) is 10.6 Å². The number of benzene rings is 1. The molecule has 0 spiro atoms. The Bertz CT molecular complexity index is 1240. The second-order valence-electron chi connectivity index (χ2n) is 8.60. The third-order valence-corrected chi connectivity index (χ3v) is 5.49. The Labute approximate surface area is 197 Å². The van der Waals surface area contributed by atoms with Gasteiger partial charge in [-0.2, -0.15) is 0 Å². The van der Waals surface area contributed by atoms with Gasteiger partial charge in [0, 0.05) is 11.9 Å². The highest BCUT2D eigenvalue weighted by Gasteiger charge is 2.26. The highest BCUT2D eigenvalue weighted by molar-refractivity contribution is 6.07. The molecule has 0 radical (unpaired) electrons. The number of carbonyl (C=O) groups excluding carboxylic acids is 3. The van der Waals surface area contributed by atoms with Crippen molar-refractivity contribution in [2.24, 2.45) is 5.92 Å². The number of nitrogens with one attached hydrogen (secondary N) is 2. The summed E-state index contributed by atoms with van der Waals surface area (Å²) in [6.07, 6.45) is 5.87. The molecule has 2 aromatic heterocycles. The van der Waals surface area contributed by atoms with Gasteiger partial charge in [-0.1, -0.05) is 32.0 Å². The molecule has 0 bridgehead atoms. The zero-order valence-electron chi connectivity index (χ0n) is 19.2. The van der Waals surface area contributed by atoms with Gasteiger partial charge in [-0.15, -0.1) is 0 Å². The summed E-state index contributed by atoms with van der Waals surface area (Å²) in [5, 5.41) is 5.43. The van der Waals surface area contributed by atoms with E-state index in [1.54, 1.807) is 6.26 Å². The van der Waals surface area contributed by atoms with Crippen molar-refractivity contribution in [3.05, 3.63) is 65.2 Å². The Kier molecular flexibility index (Phi) is 7.06. The Morgan fingerprint density at radius 2 is 1.97 bits per heavy atom. The number of rotatable bonds is 6. The molecule has 8 nitrogen and oxygen atoms in total. The number of pyridine rings is 1. The third-order valence-electron chi connectivity index (χ3n) is 5.49. The topological polar surface area (TPSA) is 111 Å². The van der Waals surface area contributed by atoms with E-state index in [0.29, 0.717) is 35.2 Å². The summed E-state index contributed by atoms with van der Waals surface area (Å²) >= 11 is 0. The fourth-order valence-corrected chi connectivity index (χ4v) is 3.96. The summed E-state index contributed by atoms with van der Waals surface area (Å²) < 4.78 is 10.8. The lowest BCUT2D eigenvalue weighted by molar-refractivity contribution is -0.123. The Hall–Kier alpha value is -3.94. The first-order valence-electron chi connectivity index (χ1n) is 11.3. The number of esters is 1. The van der Waals surface area contributed by atoms with E-state index < -0.39 is 24.5 Å². The number of nitrogens with zero attached hydrogens (tertiary/aromatic N) is 1. The maximum Gasteiger partial charge on any atom is 0.339 e. The number of amides is 3. The van der Waals surface area contributed by atoms with Crippen LogP contribution >= 0.6 is 0 Å². The minimum atomic E-state index is -0.694. The van der Waals surface area contributed by atoms with Gasteiger partial charge in [0.25, 0.3) is 5.91 Å². The molecule has 3 aromatic rings. The number of urea groups is 1. The van der Waals surface area contributed by atoms with E-state index in [4.69, 9.17) is 14.1 Å². The fraction of sp³-hybridized carbons (Fsp3) is 0.308. The quantitative estimate of drug-likeness (QED) is 0.528. The highest BCUT2D eigenvalue weighted by atomic mass is 16.5. The van der Waals surface area contributed by atoms with Crippen LogP contribution in [-0.2, 0) is 16.0 Å². The molecule has 176 valence electrons. The van der Waals surface area contributed by atoms with E-state index in [-0.39, 0.29) is 5.92 Å². The molecule has 1 aromatic carbocycles. The van der Waals surface area contributed by atoms with Crippen molar-refractivity contribution in [2.45, 2.75) is 33.1 Å². The standard InChI is InChI=1S/C26H27N3O5/c1-16(2)14-27-26(32)29-22(30)15-34-25(31)23-19-9-3-4-11-21(19)28-24-17(7-5-10-20(23)24)13-18-8-6-12-33-18/h3-4,6,8-9,11-13,16H,5,7,10,14-15H2,1-2H3,(H2,27,29,30,32). The fourth-order valence-electron chi connectivity index (χ4n) is 3.96. The molecule has 1 aliphatic carbocycles. The van der Waals surface area contributed by atoms with Crippen LogP contribution in [0.15, 0.2) is 47.1 Å². The number of ether oxygens (including phenoxy) is 1. The second-order valence-corrected chi connectivity index (χ2v) is 8.60. The Balaban J connectivity index is 1.59. The third kappa shape index (κ3) is 5.33. The molecule has 0 unspecified atom stereocenters. The van der Waals surface area contributed by atoms with Gasteiger partial charge < -0.3 is 14.5 Å². The van der Waals surface area contributed by atoms with Crippen molar-refractivity contribution in [2.75, 3.05) is 13.2 Å². The molecule has 0 saturated heterocycles. The lowest BCUT2D eigenvalue weighted by Crippen LogP contribution is -2.42. The molecule has 1 aliphatic rings. The smallest absolute Gasteiger partial charge is 0.339 e. The molecule has 2 heterocycles. The molecule has 0 atom stereocenters. The summed E-state index contributed by atoms with van der Waals surface area (Å²) in [7, 11) is 0. The number of hydrogen-bond donors (Lipinski definition) is 2. The summed E-state index contributed by atoms with van der Waals surface area (Å²) in [5.74, 6) is -0.349. The molecule has 0 saturated carbocycles. The van der Waals surface area contributed by atoms with E-state index >= 15 is 0 Å². The lowest BCUT2D eigenvalue weighted by Gasteiger charge is -2.22. The van der Waals surface area contributed by atoms with Gasteiger partial charge in [0.05, 0.1) is 23.0 Å². The van der Waals surface area contributed by atoms with Gasteiger partial charge in [0.15, 0.2) is 6.61 Å². The predicted octanol–water partition coefficient (Wildman–Crippen LogP) is 4.34. The number of aromatic nitrogens is 1. The van der Waals surface area contributed by atoms with E-state index in [1.165, 1.54) is 0 Å². The summed E-state index contributed by atoms with van der Waals surface area (Å²) in [6, 6.07) is 10.4. The zero-order chi connectivity index (χ0) is 24.1. The number of allylic oxidation sites excluding steroid dienone is 1. The molecule has 4 rings (SSSR count). The number of furan rings is 1. The normalized spacial score (nSPS) is 14.1. The van der Waals surface area contributed by atoms with Gasteiger partial charge in [-0.3, -0.25) is 10.1 Å². The van der Waals surface area contributed by atoms with Crippen LogP contribution in [0.5, 0.6) is 0 Å². The van der Waals surface area contributed by atoms with Crippen molar-refractivity contribution in [1.29, 1.82) is 0 Å². The second kappa shape index (κ2) is 10.3. The van der Waals surface area contributed by atoms with E-state index in [1.807, 2.05) is 56.3 Å². The first-order chi connectivity index (χ1) is 16.4. The van der Waals surface area contributed by atoms with Crippen LogP contribution in [0.2, 0.25) is 0 Å². The Morgan fingerprint density at radius 1 is 1.15 bits per heavy atom. The van der Waals surface area contributed by atoms with Crippen molar-refractivity contribution in [3.63, 3.8) is 0 Å². The minimum Gasteiger partial charge on any atom is -0.465 e. The van der Waals surface area contributed by atoms with E-state index in [9.17, 15) is 14.4 Å². The molecule has 0 fully saturated rings. The average Bonchev–Trinajstić information content (AvgIpc) is 3.33. The van der Waals surface area contributed by atoms with Crippen LogP contribution in [0.25, 0.3) is 22.6 Å². The van der Waals surface area contributed by atoms with Gasteiger partial charge in [0.1, 0.15) is 5.76 Å². The molecule has 3 amide bonds. The lowest BCUT2D eigenvalue weighted by atomic mass is 9.86. The monoisotopic (exact) mass is 461 g/mol. The van der Waals surface area contributed by atoms with Gasteiger partial charge in [0.2, 0.25) is 0 Å². The number of carbonyl (C=O) groups is 3. The van der Waals surface area contributed by atoms with Crippen LogP contribution in [-0.4, -0.2) is 36.0 Å². The van der Waals surface area contributed by atoms with Crippen molar-refractivity contribution in [3.8, 4) is 0 Å². The maximum absolute atomic E-state index is 13.2. The van der Waals surface area contributed by atoms with Crippen LogP contribution in [0, 0.1) is 5.92 Å². The van der Waals surface area contributed by atoms with Gasteiger partial charge >= 0.3 is 12.0 Å². The number of hydrogen-bond acceptors (Lipinski definition) is 6. The SMILES string of the molecule is CC(C)CNC(=O)NC(=O)COC(=O)c1c2c(nc3ccccc13)C(=Cc1ccco1)CCC2. The largest absolute Gasteiger partial charge is 0.465 e. The zero-order valence-corrected chi connectivity index (χ0v) is 19.2. The maximum atomic E-state index is 13.2. The first kappa shape index (κ1) is 23.2. The molecular formula is C26H27N3O5. The molecule has 0 aliphatic heterocycles. The molecule has 8 heteroatoms. The van der Waals surface area contributed by atoms with Crippen molar-refractivity contribution in [1.82, 2.24) is 15.6 Å². The van der Waals surface area contributed by atoms with Crippen LogP contribution in [0.3, 0.4) is 0 Å². The average molecular weight is 462 g/mol. The van der Waals surface area contributed by atoms with Crippen LogP contribution < -0.4 is 10.6 Å². The Morgan fingerprint density at radius 3 is 2.74 bits per heavy atom. The van der Waals surface area contributed by atoms with E-state index in [0.717, 1.165) is 29.7 Å². The molecule has 2 N–H and O–H groups in total. The molecule has 34 heavy (non-hydrogen) atoms. The van der Waals surface area contributed by atoms with Crippen molar-refractivity contribution >= 4 is 40.5 Å². The molecular weight excluding hydrogens is 434 g/mol. The first-order valence-corrected chi connectivity index (χ1v) is 11.3.